The minimum atomic E-state index is 1.15. The van der Waals surface area contributed by atoms with E-state index < -0.39 is 0 Å². The van der Waals surface area contributed by atoms with Gasteiger partial charge in [-0.1, -0.05) is 6.92 Å². The fraction of sp³-hybridized carbons (Fsp3) is 1.00. The highest BCUT2D eigenvalue weighted by Crippen LogP contribution is 1.89. The first-order valence-corrected chi connectivity index (χ1v) is 5.08. The Bertz CT molecular complexity index is 101. The first-order valence-electron chi connectivity index (χ1n) is 5.08. The van der Waals surface area contributed by atoms with Crippen LogP contribution in [0.3, 0.4) is 0 Å². The molecule has 0 aliphatic rings. The van der Waals surface area contributed by atoms with Gasteiger partial charge in [0, 0.05) is 26.2 Å². The Labute approximate surface area is 83.3 Å². The normalized spacial score (nSPS) is 12.0. The number of rotatable bonds is 7. The lowest BCUT2D eigenvalue weighted by atomic mass is 10.4. The second-order valence-corrected chi connectivity index (χ2v) is 4.04. The van der Waals surface area contributed by atoms with Gasteiger partial charge in [0.2, 0.25) is 0 Å². The molecule has 0 aliphatic carbocycles. The minimum Gasteiger partial charge on any atom is -0.308 e. The first kappa shape index (κ1) is 12.9. The fourth-order valence-corrected chi connectivity index (χ4v) is 1.11. The average Bonchev–Trinajstić information content (AvgIpc) is 2.04. The molecule has 0 atom stereocenters. The van der Waals surface area contributed by atoms with Crippen molar-refractivity contribution in [2.75, 3.05) is 60.9 Å². The van der Waals surface area contributed by atoms with Crippen molar-refractivity contribution in [3.63, 3.8) is 0 Å². The highest BCUT2D eigenvalue weighted by atomic mass is 15.2. The molecule has 0 amide bonds. The average molecular weight is 187 g/mol. The van der Waals surface area contributed by atoms with Gasteiger partial charge in [-0.3, -0.25) is 0 Å². The lowest BCUT2D eigenvalue weighted by Gasteiger charge is -2.23. The molecule has 3 nitrogen and oxygen atoms in total. The maximum Gasteiger partial charge on any atom is 0.0110 e. The van der Waals surface area contributed by atoms with Crippen LogP contribution in [0.5, 0.6) is 0 Å². The van der Waals surface area contributed by atoms with E-state index in [4.69, 9.17) is 0 Å². The van der Waals surface area contributed by atoms with Crippen LogP contribution in [0.15, 0.2) is 0 Å². The second-order valence-electron chi connectivity index (χ2n) is 4.04. The van der Waals surface area contributed by atoms with Gasteiger partial charge in [-0.15, -0.1) is 0 Å². The highest BCUT2D eigenvalue weighted by molar-refractivity contribution is 4.59. The molecule has 0 unspecified atom stereocenters. The minimum absolute atomic E-state index is 1.15. The molecular weight excluding hydrogens is 162 g/mol. The molecule has 0 bridgehead atoms. The first-order chi connectivity index (χ1) is 6.06. The molecule has 80 valence electrons. The zero-order valence-corrected chi connectivity index (χ0v) is 9.88. The van der Waals surface area contributed by atoms with Gasteiger partial charge in [-0.05, 0) is 34.7 Å². The van der Waals surface area contributed by atoms with E-state index in [1.165, 1.54) is 13.1 Å². The zero-order valence-electron chi connectivity index (χ0n) is 9.88. The summed E-state index contributed by atoms with van der Waals surface area (Å²) < 4.78 is 0. The maximum absolute atomic E-state index is 2.49. The Hall–Kier alpha value is -0.120. The molecule has 0 heterocycles. The van der Waals surface area contributed by atoms with E-state index in [2.05, 4.69) is 49.8 Å². The van der Waals surface area contributed by atoms with Crippen molar-refractivity contribution in [1.82, 2.24) is 14.7 Å². The summed E-state index contributed by atoms with van der Waals surface area (Å²) in [6, 6.07) is 0. The van der Waals surface area contributed by atoms with Crippen LogP contribution in [0.4, 0.5) is 0 Å². The van der Waals surface area contributed by atoms with Crippen molar-refractivity contribution in [2.24, 2.45) is 0 Å². The van der Waals surface area contributed by atoms with Gasteiger partial charge in [0.05, 0.1) is 0 Å². The Kier molecular flexibility index (Phi) is 7.23. The predicted octanol–water partition coefficient (Wildman–Crippen LogP) is 0.432. The van der Waals surface area contributed by atoms with Crippen LogP contribution < -0.4 is 0 Å². The van der Waals surface area contributed by atoms with Crippen molar-refractivity contribution in [1.29, 1.82) is 0 Å². The quantitative estimate of drug-likeness (QED) is 0.572. The topological polar surface area (TPSA) is 9.72 Å². The lowest BCUT2D eigenvalue weighted by Crippen LogP contribution is -2.36. The molecule has 0 saturated heterocycles. The van der Waals surface area contributed by atoms with Gasteiger partial charge in [0.25, 0.3) is 0 Å². The molecular formula is C10H25N3. The van der Waals surface area contributed by atoms with Crippen LogP contribution in [0.1, 0.15) is 6.92 Å². The van der Waals surface area contributed by atoms with E-state index in [-0.39, 0.29) is 0 Å². The molecule has 0 rings (SSSR count). The van der Waals surface area contributed by atoms with Gasteiger partial charge in [0.15, 0.2) is 0 Å². The molecule has 13 heavy (non-hydrogen) atoms. The van der Waals surface area contributed by atoms with Crippen molar-refractivity contribution in [3.05, 3.63) is 0 Å². The number of hydrogen-bond acceptors (Lipinski definition) is 3. The van der Waals surface area contributed by atoms with Crippen LogP contribution in [0.2, 0.25) is 0 Å². The third-order valence-electron chi connectivity index (χ3n) is 2.17. The summed E-state index contributed by atoms with van der Waals surface area (Å²) in [6.45, 7) is 8.05. The maximum atomic E-state index is 2.49. The Morgan fingerprint density at radius 2 is 1.08 bits per heavy atom. The Morgan fingerprint density at radius 1 is 0.692 bits per heavy atom. The molecule has 0 radical (unpaired) electrons. The third-order valence-corrected chi connectivity index (χ3v) is 2.17. The monoisotopic (exact) mass is 187 g/mol. The Morgan fingerprint density at radius 3 is 1.31 bits per heavy atom. The molecule has 0 fully saturated rings. The molecule has 0 saturated carbocycles. The summed E-state index contributed by atoms with van der Waals surface area (Å²) in [4.78, 5) is 6.96. The highest BCUT2D eigenvalue weighted by Gasteiger charge is 2.02. The van der Waals surface area contributed by atoms with E-state index in [0.29, 0.717) is 0 Å². The lowest BCUT2D eigenvalue weighted by molar-refractivity contribution is 0.227. The van der Waals surface area contributed by atoms with Gasteiger partial charge in [-0.2, -0.15) is 0 Å². The molecule has 0 spiro atoms. The molecule has 0 aliphatic heterocycles. The van der Waals surface area contributed by atoms with Gasteiger partial charge < -0.3 is 14.7 Å². The summed E-state index contributed by atoms with van der Waals surface area (Å²) in [6.07, 6.45) is 0. The predicted molar refractivity (Wildman–Crippen MR) is 59.2 cm³/mol. The number of hydrogen-bond donors (Lipinski definition) is 0. The van der Waals surface area contributed by atoms with Crippen molar-refractivity contribution in [3.8, 4) is 0 Å². The Balaban J connectivity index is 3.51. The summed E-state index contributed by atoms with van der Waals surface area (Å²) in [5.41, 5.74) is 0. The summed E-state index contributed by atoms with van der Waals surface area (Å²) in [7, 11) is 8.50. The van der Waals surface area contributed by atoms with Crippen molar-refractivity contribution in [2.45, 2.75) is 6.92 Å². The van der Waals surface area contributed by atoms with Gasteiger partial charge in [-0.25, -0.2) is 0 Å². The summed E-state index contributed by atoms with van der Waals surface area (Å²) in [5, 5.41) is 0. The van der Waals surface area contributed by atoms with Crippen LogP contribution in [-0.4, -0.2) is 75.6 Å². The largest absolute Gasteiger partial charge is 0.308 e. The number of likely N-dealkylation sites (N-methyl/N-ethyl adjacent to an activating group) is 3. The van der Waals surface area contributed by atoms with E-state index in [0.717, 1.165) is 19.6 Å². The van der Waals surface area contributed by atoms with Crippen LogP contribution in [0, 0.1) is 0 Å². The van der Waals surface area contributed by atoms with Gasteiger partial charge >= 0.3 is 0 Å². The smallest absolute Gasteiger partial charge is 0.0110 e. The van der Waals surface area contributed by atoms with E-state index in [9.17, 15) is 0 Å². The molecule has 3 heteroatoms. The number of nitrogens with zero attached hydrogens (tertiary/aromatic N) is 3. The molecule has 0 aromatic carbocycles. The van der Waals surface area contributed by atoms with E-state index in [1.54, 1.807) is 0 Å². The van der Waals surface area contributed by atoms with Crippen LogP contribution in [-0.2, 0) is 0 Å². The zero-order chi connectivity index (χ0) is 10.3. The van der Waals surface area contributed by atoms with Crippen molar-refractivity contribution < 1.29 is 0 Å². The fourth-order valence-electron chi connectivity index (χ4n) is 1.11. The molecule has 0 aromatic rings. The summed E-state index contributed by atoms with van der Waals surface area (Å²) >= 11 is 0. The molecule has 0 N–H and O–H groups in total. The second kappa shape index (κ2) is 7.30. The van der Waals surface area contributed by atoms with E-state index in [1.807, 2.05) is 0 Å². The SMILES string of the molecule is CCN(CCN(C)C)CCN(C)C. The molecule has 0 aromatic heterocycles. The van der Waals surface area contributed by atoms with Gasteiger partial charge in [0.1, 0.15) is 0 Å². The van der Waals surface area contributed by atoms with Crippen LogP contribution >= 0.6 is 0 Å². The third kappa shape index (κ3) is 8.22. The van der Waals surface area contributed by atoms with Crippen LogP contribution in [0.25, 0.3) is 0 Å². The standard InChI is InChI=1S/C10H25N3/c1-6-13(9-7-11(2)3)10-8-12(4)5/h6-10H2,1-5H3. The summed E-state index contributed by atoms with van der Waals surface area (Å²) in [5.74, 6) is 0. The van der Waals surface area contributed by atoms with Crippen molar-refractivity contribution >= 4 is 0 Å². The van der Waals surface area contributed by atoms with E-state index >= 15 is 0 Å².